The maximum absolute atomic E-state index is 11.8. The van der Waals surface area contributed by atoms with Crippen LogP contribution >= 0.6 is 23.4 Å². The van der Waals surface area contributed by atoms with Gasteiger partial charge < -0.3 is 9.84 Å². The van der Waals surface area contributed by atoms with Gasteiger partial charge in [-0.15, -0.1) is 0 Å². The lowest BCUT2D eigenvalue weighted by Gasteiger charge is -2.09. The predicted octanol–water partition coefficient (Wildman–Crippen LogP) is 3.67. The van der Waals surface area contributed by atoms with E-state index >= 15 is 0 Å². The molecule has 0 unspecified atom stereocenters. The van der Waals surface area contributed by atoms with Crippen LogP contribution < -0.4 is 4.74 Å². The summed E-state index contributed by atoms with van der Waals surface area (Å²) in [5.41, 5.74) is -4.31. The van der Waals surface area contributed by atoms with Crippen molar-refractivity contribution in [2.45, 2.75) is 5.51 Å². The zero-order valence-electron chi connectivity index (χ0n) is 8.83. The van der Waals surface area contributed by atoms with Gasteiger partial charge in [0.25, 0.3) is 0 Å². The largest absolute Gasteiger partial charge is 0.491 e. The van der Waals surface area contributed by atoms with E-state index in [0.29, 0.717) is 0 Å². The summed E-state index contributed by atoms with van der Waals surface area (Å²) in [6.45, 7) is -0.170. The molecule has 0 saturated carbocycles. The van der Waals surface area contributed by atoms with Gasteiger partial charge in [0, 0.05) is 5.75 Å². The number of hydrogen-bond donors (Lipinski definition) is 1. The number of hydrogen-bond acceptors (Lipinski definition) is 3. The first-order valence-corrected chi connectivity index (χ1v) is 6.02. The van der Waals surface area contributed by atoms with Gasteiger partial charge in [-0.05, 0) is 30.0 Å². The second-order valence-corrected chi connectivity index (χ2v) is 4.66. The number of halogens is 4. The molecule has 0 aliphatic carbocycles. The van der Waals surface area contributed by atoms with Crippen molar-refractivity contribution in [3.05, 3.63) is 28.8 Å². The average molecular weight is 301 g/mol. The first-order valence-electron chi connectivity index (χ1n) is 4.66. The van der Waals surface area contributed by atoms with Crippen LogP contribution in [-0.4, -0.2) is 28.9 Å². The molecule has 0 radical (unpaired) electrons. The minimum Gasteiger partial charge on any atom is -0.491 e. The quantitative estimate of drug-likeness (QED) is 0.843. The third-order valence-corrected chi connectivity index (χ3v) is 2.78. The summed E-state index contributed by atoms with van der Waals surface area (Å²) in [5, 5.41) is 8.72. The fraction of sp³-hybridized carbons (Fsp3) is 0.300. The molecule has 100 valence electrons. The summed E-state index contributed by atoms with van der Waals surface area (Å²) >= 11 is 5.53. The highest BCUT2D eigenvalue weighted by atomic mass is 35.5. The van der Waals surface area contributed by atoms with E-state index in [4.69, 9.17) is 21.4 Å². The molecule has 0 aliphatic rings. The Morgan fingerprint density at radius 1 is 1.44 bits per heavy atom. The molecule has 0 saturated heterocycles. The highest BCUT2D eigenvalue weighted by molar-refractivity contribution is 8.00. The van der Waals surface area contributed by atoms with E-state index in [1.54, 1.807) is 0 Å². The van der Waals surface area contributed by atoms with Gasteiger partial charge in [-0.2, -0.15) is 13.2 Å². The third kappa shape index (κ3) is 5.05. The Kier molecular flexibility index (Phi) is 5.15. The lowest BCUT2D eigenvalue weighted by Crippen LogP contribution is -2.07. The van der Waals surface area contributed by atoms with Gasteiger partial charge in [-0.25, -0.2) is 4.79 Å². The zero-order chi connectivity index (χ0) is 13.8. The van der Waals surface area contributed by atoms with E-state index in [9.17, 15) is 18.0 Å². The summed E-state index contributed by atoms with van der Waals surface area (Å²) in [6.07, 6.45) is 0. The fourth-order valence-corrected chi connectivity index (χ4v) is 1.69. The minimum absolute atomic E-state index is 0.0167. The molecule has 3 nitrogen and oxygen atoms in total. The van der Waals surface area contributed by atoms with Crippen molar-refractivity contribution in [3.63, 3.8) is 0 Å². The smallest absolute Gasteiger partial charge is 0.441 e. The van der Waals surface area contributed by atoms with Crippen LogP contribution in [0.5, 0.6) is 5.75 Å². The summed E-state index contributed by atoms with van der Waals surface area (Å²) in [4.78, 5) is 10.6. The highest BCUT2D eigenvalue weighted by Gasteiger charge is 2.27. The van der Waals surface area contributed by atoms with Crippen LogP contribution in [0.1, 0.15) is 10.4 Å². The van der Waals surface area contributed by atoms with Crippen molar-refractivity contribution < 1.29 is 27.8 Å². The van der Waals surface area contributed by atoms with Gasteiger partial charge in [0.05, 0.1) is 17.2 Å². The van der Waals surface area contributed by atoms with Crippen molar-refractivity contribution in [1.29, 1.82) is 0 Å². The molecule has 1 rings (SSSR count). The lowest BCUT2D eigenvalue weighted by molar-refractivity contribution is -0.0329. The first kappa shape index (κ1) is 15.0. The van der Waals surface area contributed by atoms with Crippen LogP contribution in [0.3, 0.4) is 0 Å². The molecular formula is C10H8ClF3O3S. The van der Waals surface area contributed by atoms with Gasteiger partial charge in [0.2, 0.25) is 0 Å². The molecular weight excluding hydrogens is 293 g/mol. The van der Waals surface area contributed by atoms with Crippen LogP contribution in [-0.2, 0) is 0 Å². The van der Waals surface area contributed by atoms with E-state index in [1.165, 1.54) is 18.2 Å². The Morgan fingerprint density at radius 3 is 2.61 bits per heavy atom. The molecule has 1 aromatic rings. The topological polar surface area (TPSA) is 46.5 Å². The minimum atomic E-state index is -4.29. The van der Waals surface area contributed by atoms with Crippen molar-refractivity contribution >= 4 is 29.3 Å². The van der Waals surface area contributed by atoms with Gasteiger partial charge in [-0.1, -0.05) is 11.6 Å². The van der Waals surface area contributed by atoms with E-state index in [1.807, 2.05) is 0 Å². The fourth-order valence-electron chi connectivity index (χ4n) is 1.06. The monoisotopic (exact) mass is 300 g/mol. The number of carboxylic acid groups (broad SMARTS) is 1. The maximum atomic E-state index is 11.8. The molecule has 0 bridgehead atoms. The van der Waals surface area contributed by atoms with Crippen LogP contribution in [0.25, 0.3) is 0 Å². The van der Waals surface area contributed by atoms with Gasteiger partial charge >= 0.3 is 11.5 Å². The lowest BCUT2D eigenvalue weighted by atomic mass is 10.2. The second-order valence-electron chi connectivity index (χ2n) is 3.09. The zero-order valence-corrected chi connectivity index (χ0v) is 10.4. The first-order chi connectivity index (χ1) is 8.29. The molecule has 0 aliphatic heterocycles. The van der Waals surface area contributed by atoms with E-state index in [0.717, 1.165) is 0 Å². The summed E-state index contributed by atoms with van der Waals surface area (Å²) in [6, 6.07) is 3.75. The van der Waals surface area contributed by atoms with Crippen LogP contribution in [0.4, 0.5) is 13.2 Å². The van der Waals surface area contributed by atoms with Crippen LogP contribution in [0, 0.1) is 0 Å². The van der Waals surface area contributed by atoms with Crippen molar-refractivity contribution in [3.8, 4) is 5.75 Å². The second kappa shape index (κ2) is 6.19. The van der Waals surface area contributed by atoms with Crippen molar-refractivity contribution in [2.24, 2.45) is 0 Å². The number of thioether (sulfide) groups is 1. The molecule has 18 heavy (non-hydrogen) atoms. The van der Waals surface area contributed by atoms with Crippen molar-refractivity contribution in [1.82, 2.24) is 0 Å². The molecule has 1 aromatic carbocycles. The average Bonchev–Trinajstić information content (AvgIpc) is 2.24. The number of aromatic carboxylic acids is 1. The third-order valence-electron chi connectivity index (χ3n) is 1.79. The Morgan fingerprint density at radius 2 is 2.11 bits per heavy atom. The molecule has 8 heteroatoms. The van der Waals surface area contributed by atoms with Crippen LogP contribution in [0.2, 0.25) is 5.02 Å². The summed E-state index contributed by atoms with van der Waals surface area (Å²) < 4.78 is 40.5. The van der Waals surface area contributed by atoms with Crippen molar-refractivity contribution in [2.75, 3.05) is 12.4 Å². The molecule has 0 aromatic heterocycles. The van der Waals surface area contributed by atoms with Crippen LogP contribution in [0.15, 0.2) is 18.2 Å². The molecule has 0 heterocycles. The number of alkyl halides is 3. The number of carbonyl (C=O) groups is 1. The highest BCUT2D eigenvalue weighted by Crippen LogP contribution is 2.30. The van der Waals surface area contributed by atoms with E-state index < -0.39 is 11.5 Å². The van der Waals surface area contributed by atoms with Gasteiger partial charge in [-0.3, -0.25) is 0 Å². The Labute approximate surface area is 110 Å². The Bertz CT molecular complexity index is 437. The van der Waals surface area contributed by atoms with E-state index in [-0.39, 0.29) is 40.5 Å². The van der Waals surface area contributed by atoms with E-state index in [2.05, 4.69) is 0 Å². The molecule has 0 atom stereocenters. The Balaban J connectivity index is 2.51. The molecule has 0 fully saturated rings. The maximum Gasteiger partial charge on any atom is 0.441 e. The number of benzene rings is 1. The standard InChI is InChI=1S/C10H8ClF3O3S/c11-7-5-6(9(15)16)1-2-8(7)17-3-4-18-10(12,13)14/h1-2,5H,3-4H2,(H,15,16). The number of rotatable bonds is 5. The summed E-state index contributed by atoms with van der Waals surface area (Å²) in [5.74, 6) is -1.25. The van der Waals surface area contributed by atoms with Gasteiger partial charge in [0.1, 0.15) is 5.75 Å². The Hall–Kier alpha value is -1.08. The summed E-state index contributed by atoms with van der Waals surface area (Å²) in [7, 11) is 0. The molecule has 1 N–H and O–H groups in total. The molecule has 0 amide bonds. The predicted molar refractivity (Wildman–Crippen MR) is 62.4 cm³/mol. The SMILES string of the molecule is O=C(O)c1ccc(OCCSC(F)(F)F)c(Cl)c1. The normalized spacial score (nSPS) is 11.3. The number of carboxylic acids is 1. The van der Waals surface area contributed by atoms with Gasteiger partial charge in [0.15, 0.2) is 0 Å². The number of ether oxygens (including phenoxy) is 1. The molecule has 0 spiro atoms.